The molecular formula is C23H28ClFN4O4. The third-order valence-electron chi connectivity index (χ3n) is 6.27. The van der Waals surface area contributed by atoms with Crippen LogP contribution < -0.4 is 21.4 Å². The molecule has 2 unspecified atom stereocenters. The smallest absolute Gasteiger partial charge is 0.341 e. The Morgan fingerprint density at radius 2 is 2.03 bits per heavy atom. The third-order valence-corrected chi connectivity index (χ3v) is 6.63. The first-order valence-electron chi connectivity index (χ1n) is 11.2. The molecule has 1 saturated carbocycles. The Hall–Kier alpha value is -2.65. The molecule has 2 heterocycles. The van der Waals surface area contributed by atoms with Crippen molar-refractivity contribution in [2.75, 3.05) is 18.0 Å². The zero-order valence-corrected chi connectivity index (χ0v) is 19.4. The molecule has 2 aliphatic rings. The Kier molecular flexibility index (Phi) is 6.37. The van der Waals surface area contributed by atoms with Crippen LogP contribution in [0.4, 0.5) is 10.1 Å². The van der Waals surface area contributed by atoms with Gasteiger partial charge in [0.05, 0.1) is 27.7 Å². The average molecular weight is 479 g/mol. The summed E-state index contributed by atoms with van der Waals surface area (Å²) < 4.78 is 16.9. The number of rotatable bonds is 7. The number of hydrogen-bond acceptors (Lipinski definition) is 5. The van der Waals surface area contributed by atoms with Gasteiger partial charge in [-0.1, -0.05) is 25.4 Å². The average Bonchev–Trinajstić information content (AvgIpc) is 3.47. The van der Waals surface area contributed by atoms with E-state index in [0.29, 0.717) is 37.4 Å². The second-order valence-electron chi connectivity index (χ2n) is 9.41. The summed E-state index contributed by atoms with van der Waals surface area (Å²) in [6.07, 6.45) is 4.14. The second-order valence-corrected chi connectivity index (χ2v) is 9.79. The summed E-state index contributed by atoms with van der Waals surface area (Å²) in [5, 5.41) is 12.4. The number of nitrogens with one attached hydrogen (secondary N) is 1. The van der Waals surface area contributed by atoms with E-state index < -0.39 is 28.8 Å². The number of fused-ring (bicyclic) bond motifs is 1. The van der Waals surface area contributed by atoms with Crippen LogP contribution in [-0.4, -0.2) is 46.7 Å². The lowest BCUT2D eigenvalue weighted by molar-refractivity contribution is -0.123. The van der Waals surface area contributed by atoms with E-state index in [2.05, 4.69) is 5.32 Å². The molecule has 1 saturated heterocycles. The number of pyridine rings is 1. The maximum absolute atomic E-state index is 15.2. The fourth-order valence-corrected chi connectivity index (χ4v) is 4.93. The van der Waals surface area contributed by atoms with Crippen molar-refractivity contribution in [2.24, 2.45) is 11.7 Å². The van der Waals surface area contributed by atoms with Crippen molar-refractivity contribution in [3.63, 3.8) is 0 Å². The van der Waals surface area contributed by atoms with Gasteiger partial charge in [0.15, 0.2) is 0 Å². The normalized spacial score (nSPS) is 19.3. The molecule has 0 radical (unpaired) electrons. The molecule has 8 nitrogen and oxygen atoms in total. The molecule has 0 spiro atoms. The minimum absolute atomic E-state index is 0.0232. The minimum atomic E-state index is -1.36. The van der Waals surface area contributed by atoms with Crippen molar-refractivity contribution >= 4 is 40.1 Å². The van der Waals surface area contributed by atoms with Gasteiger partial charge in [0, 0.05) is 31.4 Å². The number of hydrogen-bond donors (Lipinski definition) is 3. The summed E-state index contributed by atoms with van der Waals surface area (Å²) in [5.41, 5.74) is 5.31. The van der Waals surface area contributed by atoms with Crippen molar-refractivity contribution in [1.29, 1.82) is 0 Å². The molecule has 2 atom stereocenters. The maximum atomic E-state index is 15.2. The molecule has 10 heteroatoms. The van der Waals surface area contributed by atoms with Crippen LogP contribution in [-0.2, 0) is 4.79 Å². The first kappa shape index (κ1) is 23.5. The fourth-order valence-electron chi connectivity index (χ4n) is 4.52. The van der Waals surface area contributed by atoms with E-state index >= 15 is 4.39 Å². The third kappa shape index (κ3) is 4.56. The lowest BCUT2D eigenvalue weighted by atomic mass is 10.0. The fraction of sp³-hybridized carbons (Fsp3) is 0.522. The zero-order chi connectivity index (χ0) is 24.0. The molecule has 1 aromatic carbocycles. The molecular weight excluding hydrogens is 451 g/mol. The van der Waals surface area contributed by atoms with Gasteiger partial charge in [-0.3, -0.25) is 9.59 Å². The molecule has 4 rings (SSSR count). The van der Waals surface area contributed by atoms with Crippen LogP contribution in [0.2, 0.25) is 5.02 Å². The van der Waals surface area contributed by atoms with Gasteiger partial charge in [0.1, 0.15) is 11.4 Å². The molecule has 0 bridgehead atoms. The Bertz CT molecular complexity index is 1180. The van der Waals surface area contributed by atoms with Gasteiger partial charge in [-0.2, -0.15) is 0 Å². The number of nitrogens with two attached hydrogens (primary N) is 1. The number of aromatic carboxylic acids is 1. The summed E-state index contributed by atoms with van der Waals surface area (Å²) in [5.74, 6) is -1.99. The van der Waals surface area contributed by atoms with Gasteiger partial charge >= 0.3 is 5.97 Å². The highest BCUT2D eigenvalue weighted by Crippen LogP contribution is 2.42. The van der Waals surface area contributed by atoms with E-state index in [1.54, 1.807) is 9.47 Å². The molecule has 178 valence electrons. The van der Waals surface area contributed by atoms with Crippen LogP contribution in [0.1, 0.15) is 55.9 Å². The highest BCUT2D eigenvalue weighted by atomic mass is 35.5. The second kappa shape index (κ2) is 8.95. The predicted molar refractivity (Wildman–Crippen MR) is 125 cm³/mol. The molecule has 1 amide bonds. The Labute approximate surface area is 195 Å². The monoisotopic (exact) mass is 478 g/mol. The van der Waals surface area contributed by atoms with Crippen LogP contribution in [0.3, 0.4) is 0 Å². The van der Waals surface area contributed by atoms with Crippen molar-refractivity contribution in [2.45, 2.75) is 57.7 Å². The van der Waals surface area contributed by atoms with Crippen molar-refractivity contribution in [3.8, 4) is 0 Å². The van der Waals surface area contributed by atoms with Crippen molar-refractivity contribution in [1.82, 2.24) is 9.88 Å². The Morgan fingerprint density at radius 3 is 2.64 bits per heavy atom. The molecule has 33 heavy (non-hydrogen) atoms. The number of carboxylic acids is 1. The number of carboxylic acid groups (broad SMARTS) is 1. The van der Waals surface area contributed by atoms with Gasteiger partial charge in [-0.25, -0.2) is 9.18 Å². The molecule has 2 fully saturated rings. The Morgan fingerprint density at radius 1 is 1.33 bits per heavy atom. The topological polar surface area (TPSA) is 118 Å². The first-order valence-corrected chi connectivity index (χ1v) is 11.6. The Balaban J connectivity index is 1.66. The summed E-state index contributed by atoms with van der Waals surface area (Å²) in [4.78, 5) is 38.4. The quantitative estimate of drug-likeness (QED) is 0.563. The summed E-state index contributed by atoms with van der Waals surface area (Å²) >= 11 is 6.67. The number of amides is 1. The maximum Gasteiger partial charge on any atom is 0.341 e. The summed E-state index contributed by atoms with van der Waals surface area (Å²) in [6.45, 7) is 4.81. The standard InChI is InChI=1S/C23H28ClFN4O4/c1-11(2)7-17(26)22(31)27-12-5-6-28(9-12)20-16(25)8-14-19(18(20)24)29(13-3-4-13)10-15(21(14)30)23(32)33/h8,10-13,17H,3-7,9,26H2,1-2H3,(H,27,31)(H,32,33). The highest BCUT2D eigenvalue weighted by Gasteiger charge is 2.33. The number of nitrogens with zero attached hydrogens (tertiary/aromatic N) is 2. The molecule has 2 aromatic rings. The number of anilines is 1. The largest absolute Gasteiger partial charge is 0.477 e. The van der Waals surface area contributed by atoms with E-state index in [4.69, 9.17) is 17.3 Å². The predicted octanol–water partition coefficient (Wildman–Crippen LogP) is 2.90. The van der Waals surface area contributed by atoms with Gasteiger partial charge in [0.2, 0.25) is 11.3 Å². The van der Waals surface area contributed by atoms with Crippen LogP contribution in [0.5, 0.6) is 0 Å². The first-order chi connectivity index (χ1) is 15.6. The van der Waals surface area contributed by atoms with E-state index in [1.165, 1.54) is 6.20 Å². The molecule has 1 aliphatic heterocycles. The number of halogens is 2. The SMILES string of the molecule is CC(C)CC(N)C(=O)NC1CCN(c2c(F)cc3c(=O)c(C(=O)O)cn(C4CC4)c3c2Cl)C1. The minimum Gasteiger partial charge on any atom is -0.477 e. The van der Waals surface area contributed by atoms with E-state index in [0.717, 1.165) is 18.9 Å². The van der Waals surface area contributed by atoms with E-state index in [1.807, 2.05) is 13.8 Å². The number of carbonyl (C=O) groups excluding carboxylic acids is 1. The van der Waals surface area contributed by atoms with Gasteiger partial charge in [-0.15, -0.1) is 0 Å². The lowest BCUT2D eigenvalue weighted by Gasteiger charge is -2.24. The van der Waals surface area contributed by atoms with Crippen LogP contribution in [0.15, 0.2) is 17.1 Å². The number of carbonyl (C=O) groups is 2. The van der Waals surface area contributed by atoms with Crippen molar-refractivity contribution in [3.05, 3.63) is 38.9 Å². The molecule has 4 N–H and O–H groups in total. The summed E-state index contributed by atoms with van der Waals surface area (Å²) in [6, 6.07) is 0.294. The van der Waals surface area contributed by atoms with Gasteiger partial charge in [0.25, 0.3) is 0 Å². The summed E-state index contributed by atoms with van der Waals surface area (Å²) in [7, 11) is 0. The number of aromatic nitrogens is 1. The zero-order valence-electron chi connectivity index (χ0n) is 18.6. The highest BCUT2D eigenvalue weighted by molar-refractivity contribution is 6.38. The molecule has 1 aromatic heterocycles. The van der Waals surface area contributed by atoms with Crippen LogP contribution >= 0.6 is 11.6 Å². The van der Waals surface area contributed by atoms with Crippen LogP contribution in [0, 0.1) is 11.7 Å². The van der Waals surface area contributed by atoms with E-state index in [9.17, 15) is 19.5 Å². The van der Waals surface area contributed by atoms with E-state index in [-0.39, 0.29) is 34.1 Å². The van der Waals surface area contributed by atoms with Crippen molar-refractivity contribution < 1.29 is 19.1 Å². The van der Waals surface area contributed by atoms with Crippen LogP contribution in [0.25, 0.3) is 10.9 Å². The lowest BCUT2D eigenvalue weighted by Crippen LogP contribution is -2.46. The van der Waals surface area contributed by atoms with Gasteiger partial charge < -0.3 is 25.6 Å². The molecule has 1 aliphatic carbocycles. The number of benzene rings is 1. The van der Waals surface area contributed by atoms with Gasteiger partial charge in [-0.05, 0) is 37.7 Å².